The number of nitro groups is 1. The normalized spacial score (nSPS) is 11.4. The Hall–Kier alpha value is -2.87. The van der Waals surface area contributed by atoms with E-state index in [9.17, 15) is 10.1 Å². The lowest BCUT2D eigenvalue weighted by Gasteiger charge is -2.15. The van der Waals surface area contributed by atoms with Crippen LogP contribution in [0.1, 0.15) is 24.1 Å². The molecule has 5 heteroatoms. The van der Waals surface area contributed by atoms with Gasteiger partial charge in [0.1, 0.15) is 0 Å². The Balaban J connectivity index is 2.21. The minimum absolute atomic E-state index is 0.0983. The van der Waals surface area contributed by atoms with Gasteiger partial charge < -0.3 is 5.32 Å². The van der Waals surface area contributed by atoms with Crippen LogP contribution in [0.25, 0.3) is 0 Å². The van der Waals surface area contributed by atoms with Crippen molar-refractivity contribution < 1.29 is 4.92 Å². The second kappa shape index (κ2) is 5.85. The number of nitriles is 1. The summed E-state index contributed by atoms with van der Waals surface area (Å²) in [6, 6.07) is 15.5. The standard InChI is InChI=1S/C15H13N3O2/c1-11(14-4-2-3-5-15(14)18(19)20)17-13-8-6-12(10-16)7-9-13/h2-9,11,17H,1H3. The van der Waals surface area contributed by atoms with E-state index in [1.54, 1.807) is 42.5 Å². The molecule has 2 rings (SSSR count). The van der Waals surface area contributed by atoms with E-state index in [4.69, 9.17) is 5.26 Å². The van der Waals surface area contributed by atoms with Crippen molar-refractivity contribution in [2.24, 2.45) is 0 Å². The minimum Gasteiger partial charge on any atom is -0.378 e. The van der Waals surface area contributed by atoms with Gasteiger partial charge in [-0.25, -0.2) is 0 Å². The van der Waals surface area contributed by atoms with Crippen molar-refractivity contribution in [3.05, 3.63) is 69.8 Å². The van der Waals surface area contributed by atoms with Gasteiger partial charge in [-0.2, -0.15) is 5.26 Å². The maximum Gasteiger partial charge on any atom is 0.274 e. The molecule has 0 aliphatic carbocycles. The number of anilines is 1. The minimum atomic E-state index is -0.383. The molecule has 1 N–H and O–H groups in total. The number of benzene rings is 2. The van der Waals surface area contributed by atoms with E-state index in [2.05, 4.69) is 5.32 Å². The van der Waals surface area contributed by atoms with Crippen molar-refractivity contribution in [1.29, 1.82) is 5.26 Å². The molecule has 0 saturated carbocycles. The zero-order chi connectivity index (χ0) is 14.5. The topological polar surface area (TPSA) is 79.0 Å². The third kappa shape index (κ3) is 2.93. The quantitative estimate of drug-likeness (QED) is 0.677. The lowest BCUT2D eigenvalue weighted by molar-refractivity contribution is -0.385. The van der Waals surface area contributed by atoms with Crippen LogP contribution in [0.2, 0.25) is 0 Å². The molecule has 2 aromatic rings. The molecular weight excluding hydrogens is 254 g/mol. The van der Waals surface area contributed by atoms with Gasteiger partial charge >= 0.3 is 0 Å². The molecule has 0 heterocycles. The molecule has 0 aliphatic rings. The lowest BCUT2D eigenvalue weighted by atomic mass is 10.1. The third-order valence-electron chi connectivity index (χ3n) is 3.00. The van der Waals surface area contributed by atoms with Gasteiger partial charge in [0.15, 0.2) is 0 Å². The molecule has 0 fully saturated rings. The van der Waals surface area contributed by atoms with Crippen LogP contribution in [0.5, 0.6) is 0 Å². The molecule has 0 amide bonds. The molecule has 5 nitrogen and oxygen atoms in total. The Bertz CT molecular complexity index is 660. The van der Waals surface area contributed by atoms with Gasteiger partial charge in [0, 0.05) is 11.8 Å². The van der Waals surface area contributed by atoms with Gasteiger partial charge in [-0.1, -0.05) is 18.2 Å². The Kier molecular flexibility index (Phi) is 3.96. The van der Waals surface area contributed by atoms with Crippen molar-refractivity contribution in [2.75, 3.05) is 5.32 Å². The number of nitro benzene ring substituents is 1. The Morgan fingerprint density at radius 1 is 1.20 bits per heavy atom. The molecule has 0 spiro atoms. The van der Waals surface area contributed by atoms with Crippen LogP contribution in [0, 0.1) is 21.4 Å². The van der Waals surface area contributed by atoms with Crippen molar-refractivity contribution in [2.45, 2.75) is 13.0 Å². The molecule has 0 aromatic heterocycles. The third-order valence-corrected chi connectivity index (χ3v) is 3.00. The van der Waals surface area contributed by atoms with Crippen molar-refractivity contribution >= 4 is 11.4 Å². The molecule has 100 valence electrons. The Morgan fingerprint density at radius 2 is 1.85 bits per heavy atom. The predicted octanol–water partition coefficient (Wildman–Crippen LogP) is 3.64. The van der Waals surface area contributed by atoms with Crippen LogP contribution in [0.4, 0.5) is 11.4 Å². The summed E-state index contributed by atoms with van der Waals surface area (Å²) in [6.45, 7) is 1.86. The Morgan fingerprint density at radius 3 is 2.45 bits per heavy atom. The van der Waals surface area contributed by atoms with Crippen molar-refractivity contribution in [1.82, 2.24) is 0 Å². The van der Waals surface area contributed by atoms with Gasteiger partial charge in [-0.05, 0) is 31.2 Å². The summed E-state index contributed by atoms with van der Waals surface area (Å²) in [5.41, 5.74) is 2.12. The van der Waals surface area contributed by atoms with E-state index in [1.165, 1.54) is 6.07 Å². The van der Waals surface area contributed by atoms with E-state index in [1.807, 2.05) is 13.0 Å². The van der Waals surface area contributed by atoms with Crippen LogP contribution in [0.15, 0.2) is 48.5 Å². The number of nitrogens with one attached hydrogen (secondary N) is 1. The fourth-order valence-corrected chi connectivity index (χ4v) is 1.99. The number of rotatable bonds is 4. The van der Waals surface area contributed by atoms with Crippen LogP contribution < -0.4 is 5.32 Å². The number of para-hydroxylation sites is 1. The zero-order valence-electron chi connectivity index (χ0n) is 10.9. The van der Waals surface area contributed by atoms with Crippen LogP contribution in [0.3, 0.4) is 0 Å². The number of hydrogen-bond acceptors (Lipinski definition) is 4. The highest BCUT2D eigenvalue weighted by Crippen LogP contribution is 2.27. The molecule has 0 saturated heterocycles. The highest BCUT2D eigenvalue weighted by molar-refractivity contribution is 5.51. The first-order chi connectivity index (χ1) is 9.61. The van der Waals surface area contributed by atoms with Crippen LogP contribution >= 0.6 is 0 Å². The second-order valence-corrected chi connectivity index (χ2v) is 4.37. The largest absolute Gasteiger partial charge is 0.378 e. The number of nitrogens with zero attached hydrogens (tertiary/aromatic N) is 2. The highest BCUT2D eigenvalue weighted by atomic mass is 16.6. The smallest absolute Gasteiger partial charge is 0.274 e. The van der Waals surface area contributed by atoms with Gasteiger partial charge in [0.05, 0.1) is 28.2 Å². The zero-order valence-corrected chi connectivity index (χ0v) is 10.9. The van der Waals surface area contributed by atoms with E-state index < -0.39 is 0 Å². The van der Waals surface area contributed by atoms with Crippen molar-refractivity contribution in [3.63, 3.8) is 0 Å². The first-order valence-electron chi connectivity index (χ1n) is 6.12. The monoisotopic (exact) mass is 267 g/mol. The molecule has 2 aromatic carbocycles. The summed E-state index contributed by atoms with van der Waals surface area (Å²) >= 11 is 0. The predicted molar refractivity (Wildman–Crippen MR) is 76.3 cm³/mol. The maximum atomic E-state index is 11.0. The number of hydrogen-bond donors (Lipinski definition) is 1. The van der Waals surface area contributed by atoms with Crippen molar-refractivity contribution in [3.8, 4) is 6.07 Å². The molecule has 20 heavy (non-hydrogen) atoms. The van der Waals surface area contributed by atoms with Crippen LogP contribution in [-0.2, 0) is 0 Å². The van der Waals surface area contributed by atoms with Gasteiger partial charge in [0.2, 0.25) is 0 Å². The van der Waals surface area contributed by atoms with E-state index in [-0.39, 0.29) is 16.7 Å². The first kappa shape index (κ1) is 13.6. The summed E-state index contributed by atoms with van der Waals surface area (Å²) in [4.78, 5) is 10.6. The van der Waals surface area contributed by atoms with E-state index in [0.29, 0.717) is 11.1 Å². The lowest BCUT2D eigenvalue weighted by Crippen LogP contribution is -2.09. The summed E-state index contributed by atoms with van der Waals surface area (Å²) in [7, 11) is 0. The molecule has 0 radical (unpaired) electrons. The molecule has 0 aliphatic heterocycles. The molecule has 1 unspecified atom stereocenters. The second-order valence-electron chi connectivity index (χ2n) is 4.37. The summed E-state index contributed by atoms with van der Waals surface area (Å²) in [6.07, 6.45) is 0. The highest BCUT2D eigenvalue weighted by Gasteiger charge is 2.17. The van der Waals surface area contributed by atoms with Gasteiger partial charge in [-0.15, -0.1) is 0 Å². The first-order valence-corrected chi connectivity index (χ1v) is 6.12. The van der Waals surface area contributed by atoms with E-state index in [0.717, 1.165) is 5.69 Å². The summed E-state index contributed by atoms with van der Waals surface area (Å²) < 4.78 is 0. The summed E-state index contributed by atoms with van der Waals surface area (Å²) in [5, 5.41) is 22.9. The SMILES string of the molecule is CC(Nc1ccc(C#N)cc1)c1ccccc1[N+](=O)[O-]. The molecular formula is C15H13N3O2. The van der Waals surface area contributed by atoms with Gasteiger partial charge in [-0.3, -0.25) is 10.1 Å². The fraction of sp³-hybridized carbons (Fsp3) is 0.133. The summed E-state index contributed by atoms with van der Waals surface area (Å²) in [5.74, 6) is 0. The fourth-order valence-electron chi connectivity index (χ4n) is 1.99. The van der Waals surface area contributed by atoms with E-state index >= 15 is 0 Å². The van der Waals surface area contributed by atoms with Crippen LogP contribution in [-0.4, -0.2) is 4.92 Å². The molecule has 0 bridgehead atoms. The average molecular weight is 267 g/mol. The molecule has 1 atom stereocenters. The average Bonchev–Trinajstić information content (AvgIpc) is 2.48. The Labute approximate surface area is 116 Å². The van der Waals surface area contributed by atoms with Gasteiger partial charge in [0.25, 0.3) is 5.69 Å². The maximum absolute atomic E-state index is 11.0.